The van der Waals surface area contributed by atoms with Gasteiger partial charge in [-0.05, 0) is 46.5 Å². The quantitative estimate of drug-likeness (QED) is 0.888. The van der Waals surface area contributed by atoms with Gasteiger partial charge in [0.15, 0.2) is 0 Å². The normalized spacial score (nSPS) is 15.2. The van der Waals surface area contributed by atoms with Gasteiger partial charge in [-0.15, -0.1) is 23.5 Å². The smallest absolute Gasteiger partial charge is 0.251 e. The van der Waals surface area contributed by atoms with E-state index in [9.17, 15) is 4.79 Å². The van der Waals surface area contributed by atoms with Crippen LogP contribution in [0.2, 0.25) is 0 Å². The van der Waals surface area contributed by atoms with Crippen molar-refractivity contribution in [3.05, 3.63) is 57.8 Å². The molecule has 1 amide bonds. The summed E-state index contributed by atoms with van der Waals surface area (Å²) in [6.45, 7) is 0.686. The Labute approximate surface area is 137 Å². The van der Waals surface area contributed by atoms with Crippen LogP contribution in [0.4, 0.5) is 0 Å². The molecule has 1 aliphatic rings. The monoisotopic (exact) mass is 335 g/mol. The zero-order valence-electron chi connectivity index (χ0n) is 11.6. The summed E-state index contributed by atoms with van der Waals surface area (Å²) in [6.07, 6.45) is 0.892. The van der Waals surface area contributed by atoms with Crippen molar-refractivity contribution in [3.8, 4) is 0 Å². The van der Waals surface area contributed by atoms with Crippen LogP contribution >= 0.6 is 34.9 Å². The number of thioether (sulfide) groups is 2. The second kappa shape index (κ2) is 7.38. The van der Waals surface area contributed by atoms with Crippen LogP contribution in [0.3, 0.4) is 0 Å². The maximum absolute atomic E-state index is 12.1. The molecule has 2 nitrogen and oxygen atoms in total. The molecule has 110 valence electrons. The lowest BCUT2D eigenvalue weighted by Gasteiger charge is -2.09. The largest absolute Gasteiger partial charge is 0.352 e. The fourth-order valence-corrected chi connectivity index (χ4v) is 5.76. The molecule has 0 atom stereocenters. The van der Waals surface area contributed by atoms with Gasteiger partial charge >= 0.3 is 0 Å². The molecule has 2 heterocycles. The van der Waals surface area contributed by atoms with E-state index in [1.54, 1.807) is 11.3 Å². The van der Waals surface area contributed by atoms with Crippen LogP contribution in [-0.4, -0.2) is 24.0 Å². The molecule has 21 heavy (non-hydrogen) atoms. The van der Waals surface area contributed by atoms with Crippen molar-refractivity contribution in [2.75, 3.05) is 18.1 Å². The molecule has 1 aromatic carbocycles. The minimum atomic E-state index is 0.0171. The van der Waals surface area contributed by atoms with Crippen molar-refractivity contribution >= 4 is 40.8 Å². The van der Waals surface area contributed by atoms with E-state index in [4.69, 9.17) is 0 Å². The highest BCUT2D eigenvalue weighted by atomic mass is 32.2. The van der Waals surface area contributed by atoms with Crippen molar-refractivity contribution < 1.29 is 4.79 Å². The molecular formula is C16H17NOS3. The number of rotatable bonds is 5. The molecule has 3 rings (SSSR count). The van der Waals surface area contributed by atoms with E-state index in [2.05, 4.69) is 34.3 Å². The van der Waals surface area contributed by atoms with Crippen molar-refractivity contribution in [2.45, 2.75) is 11.0 Å². The summed E-state index contributed by atoms with van der Waals surface area (Å²) in [5, 5.41) is 7.17. The Morgan fingerprint density at radius 2 is 1.90 bits per heavy atom. The van der Waals surface area contributed by atoms with Crippen molar-refractivity contribution in [1.29, 1.82) is 0 Å². The third-order valence-corrected chi connectivity index (χ3v) is 7.18. The zero-order valence-corrected chi connectivity index (χ0v) is 14.0. The van der Waals surface area contributed by atoms with E-state index in [1.807, 2.05) is 35.7 Å². The van der Waals surface area contributed by atoms with Crippen LogP contribution in [0.25, 0.3) is 0 Å². The average molecular weight is 336 g/mol. The predicted molar refractivity (Wildman–Crippen MR) is 94.5 cm³/mol. The first kappa shape index (κ1) is 15.0. The van der Waals surface area contributed by atoms with E-state index in [-0.39, 0.29) is 5.91 Å². The number of benzene rings is 1. The van der Waals surface area contributed by atoms with Gasteiger partial charge in [0.1, 0.15) is 0 Å². The predicted octanol–water partition coefficient (Wildman–Crippen LogP) is 4.20. The van der Waals surface area contributed by atoms with E-state index < -0.39 is 0 Å². The molecule has 0 saturated carbocycles. The third-order valence-electron chi connectivity index (χ3n) is 3.35. The standard InChI is InChI=1S/C16H17NOS3/c18-15(17-7-5-12-6-8-19-11-12)13-1-3-14(4-2-13)16-20-9-10-21-16/h1-4,6,8,11,16H,5,7,9-10H2,(H,17,18). The number of hydrogen-bond donors (Lipinski definition) is 1. The van der Waals surface area contributed by atoms with Gasteiger partial charge in [-0.3, -0.25) is 4.79 Å². The Morgan fingerprint density at radius 3 is 2.57 bits per heavy atom. The minimum Gasteiger partial charge on any atom is -0.352 e. The number of amides is 1. The molecule has 0 bridgehead atoms. The SMILES string of the molecule is O=C(NCCc1ccsc1)c1ccc(C2SCCS2)cc1. The molecule has 1 saturated heterocycles. The van der Waals surface area contributed by atoms with Crippen molar-refractivity contribution in [3.63, 3.8) is 0 Å². The van der Waals surface area contributed by atoms with Gasteiger partial charge in [-0.2, -0.15) is 11.3 Å². The molecule has 5 heteroatoms. The van der Waals surface area contributed by atoms with Crippen LogP contribution in [0.5, 0.6) is 0 Å². The highest BCUT2D eigenvalue weighted by Gasteiger charge is 2.18. The van der Waals surface area contributed by atoms with Crippen LogP contribution < -0.4 is 5.32 Å². The van der Waals surface area contributed by atoms with E-state index in [0.717, 1.165) is 12.0 Å². The molecule has 1 fully saturated rings. The first-order valence-electron chi connectivity index (χ1n) is 6.95. The summed E-state index contributed by atoms with van der Waals surface area (Å²) in [4.78, 5) is 12.1. The number of carbonyl (C=O) groups excluding carboxylic acids is 1. The first-order valence-corrected chi connectivity index (χ1v) is 9.99. The maximum atomic E-state index is 12.1. The number of thiophene rings is 1. The van der Waals surface area contributed by atoms with Crippen molar-refractivity contribution in [2.24, 2.45) is 0 Å². The first-order chi connectivity index (χ1) is 10.3. The van der Waals surface area contributed by atoms with Crippen LogP contribution in [0.15, 0.2) is 41.1 Å². The second-order valence-corrected chi connectivity index (χ2v) is 8.34. The van der Waals surface area contributed by atoms with Crippen molar-refractivity contribution in [1.82, 2.24) is 5.32 Å². The van der Waals surface area contributed by atoms with E-state index in [0.29, 0.717) is 11.1 Å². The summed E-state index contributed by atoms with van der Waals surface area (Å²) in [6, 6.07) is 10.2. The topological polar surface area (TPSA) is 29.1 Å². The summed E-state index contributed by atoms with van der Waals surface area (Å²) in [5.41, 5.74) is 3.35. The Hall–Kier alpha value is -0.910. The number of nitrogens with one attached hydrogen (secondary N) is 1. The van der Waals surface area contributed by atoms with Gasteiger partial charge in [0, 0.05) is 23.6 Å². The molecule has 1 N–H and O–H groups in total. The summed E-state index contributed by atoms with van der Waals surface area (Å²) < 4.78 is 0.542. The molecule has 1 aliphatic heterocycles. The summed E-state index contributed by atoms with van der Waals surface area (Å²) in [7, 11) is 0. The Kier molecular flexibility index (Phi) is 5.27. The highest BCUT2D eigenvalue weighted by molar-refractivity contribution is 8.19. The van der Waals surface area contributed by atoms with Gasteiger partial charge in [-0.1, -0.05) is 12.1 Å². The highest BCUT2D eigenvalue weighted by Crippen LogP contribution is 2.45. The van der Waals surface area contributed by atoms with Gasteiger partial charge in [0.25, 0.3) is 5.91 Å². The van der Waals surface area contributed by atoms with Gasteiger partial charge in [-0.25, -0.2) is 0 Å². The molecule has 0 aliphatic carbocycles. The van der Waals surface area contributed by atoms with E-state index in [1.165, 1.54) is 22.6 Å². The molecular weight excluding hydrogens is 318 g/mol. The third kappa shape index (κ3) is 4.05. The minimum absolute atomic E-state index is 0.0171. The molecule has 0 spiro atoms. The van der Waals surface area contributed by atoms with Gasteiger partial charge < -0.3 is 5.32 Å². The Balaban J connectivity index is 1.52. The summed E-state index contributed by atoms with van der Waals surface area (Å²) >= 11 is 5.66. The van der Waals surface area contributed by atoms with Crippen LogP contribution in [-0.2, 0) is 6.42 Å². The molecule has 2 aromatic rings. The van der Waals surface area contributed by atoms with Gasteiger partial charge in [0.2, 0.25) is 0 Å². The fourth-order valence-electron chi connectivity index (χ4n) is 2.20. The number of hydrogen-bond acceptors (Lipinski definition) is 4. The molecule has 0 radical (unpaired) electrons. The van der Waals surface area contributed by atoms with E-state index >= 15 is 0 Å². The Morgan fingerprint density at radius 1 is 1.14 bits per heavy atom. The lowest BCUT2D eigenvalue weighted by Crippen LogP contribution is -2.25. The zero-order chi connectivity index (χ0) is 14.5. The maximum Gasteiger partial charge on any atom is 0.251 e. The average Bonchev–Trinajstić information content (AvgIpc) is 3.21. The molecule has 0 unspecified atom stereocenters. The van der Waals surface area contributed by atoms with Crippen LogP contribution in [0, 0.1) is 0 Å². The fraction of sp³-hybridized carbons (Fsp3) is 0.312. The lowest BCUT2D eigenvalue weighted by atomic mass is 10.1. The van der Waals surface area contributed by atoms with Crippen LogP contribution in [0.1, 0.15) is 26.1 Å². The Bertz CT molecular complexity index is 574. The second-order valence-electron chi connectivity index (χ2n) is 4.83. The molecule has 1 aromatic heterocycles. The lowest BCUT2D eigenvalue weighted by molar-refractivity contribution is 0.0954. The summed E-state index contributed by atoms with van der Waals surface area (Å²) in [5.74, 6) is 2.46. The number of carbonyl (C=O) groups is 1. The van der Waals surface area contributed by atoms with Gasteiger partial charge in [0.05, 0.1) is 4.58 Å².